The van der Waals surface area contributed by atoms with Gasteiger partial charge in [-0.05, 0) is 74.0 Å². The maximum Gasteiger partial charge on any atom is 0.0457 e. The van der Waals surface area contributed by atoms with Crippen LogP contribution in [0.3, 0.4) is 0 Å². The Balaban J connectivity index is 1.39. The van der Waals surface area contributed by atoms with Crippen molar-refractivity contribution in [3.05, 3.63) is 36.0 Å². The molecule has 0 unspecified atom stereocenters. The largest absolute Gasteiger partial charge is 0.361 e. The number of nitrogens with one attached hydrogen (secondary N) is 2. The van der Waals surface area contributed by atoms with Crippen molar-refractivity contribution < 1.29 is 0 Å². The van der Waals surface area contributed by atoms with Crippen LogP contribution in [0.5, 0.6) is 0 Å². The molecule has 0 saturated heterocycles. The molecular formula is C19H24N2. The number of benzene rings is 1. The molecule has 2 N–H and O–H groups in total. The summed E-state index contributed by atoms with van der Waals surface area (Å²) in [6.07, 6.45) is 10.9. The highest BCUT2D eigenvalue weighted by atomic mass is 15.0. The van der Waals surface area contributed by atoms with Crippen LogP contribution in [0.2, 0.25) is 0 Å². The predicted molar refractivity (Wildman–Crippen MR) is 86.0 cm³/mol. The van der Waals surface area contributed by atoms with Gasteiger partial charge in [0.15, 0.2) is 0 Å². The lowest BCUT2D eigenvalue weighted by Gasteiger charge is -2.57. The first-order valence-electron chi connectivity index (χ1n) is 8.60. The smallest absolute Gasteiger partial charge is 0.0457 e. The maximum atomic E-state index is 4.01. The molecule has 1 aromatic carbocycles. The number of fused-ring (bicyclic) bond motifs is 1. The third-order valence-electron chi connectivity index (χ3n) is 6.38. The third kappa shape index (κ3) is 1.96. The molecule has 1 heterocycles. The summed E-state index contributed by atoms with van der Waals surface area (Å²) >= 11 is 0. The van der Waals surface area contributed by atoms with E-state index in [1.807, 2.05) is 0 Å². The van der Waals surface area contributed by atoms with Crippen LogP contribution in [0.1, 0.15) is 44.1 Å². The fraction of sp³-hybridized carbons (Fsp3) is 0.579. The molecule has 6 rings (SSSR count). The molecule has 21 heavy (non-hydrogen) atoms. The quantitative estimate of drug-likeness (QED) is 0.865. The molecule has 0 atom stereocenters. The molecule has 4 saturated carbocycles. The van der Waals surface area contributed by atoms with Gasteiger partial charge in [0.25, 0.3) is 0 Å². The van der Waals surface area contributed by atoms with Crippen molar-refractivity contribution in [3.63, 3.8) is 0 Å². The van der Waals surface area contributed by atoms with Crippen LogP contribution in [0, 0.1) is 17.8 Å². The second kappa shape index (κ2) is 4.36. The Kier molecular flexibility index (Phi) is 2.55. The van der Waals surface area contributed by atoms with E-state index in [4.69, 9.17) is 0 Å². The topological polar surface area (TPSA) is 27.8 Å². The molecular weight excluding hydrogens is 256 g/mol. The molecule has 1 aromatic heterocycles. The van der Waals surface area contributed by atoms with Crippen molar-refractivity contribution in [2.24, 2.45) is 17.8 Å². The number of hydrogen-bond donors (Lipinski definition) is 2. The van der Waals surface area contributed by atoms with Gasteiger partial charge < -0.3 is 10.3 Å². The summed E-state index contributed by atoms with van der Waals surface area (Å²) in [5, 5.41) is 5.40. The lowest BCUT2D eigenvalue weighted by atomic mass is 9.53. The number of aromatic amines is 1. The second-order valence-electron chi connectivity index (χ2n) is 7.91. The highest BCUT2D eigenvalue weighted by Crippen LogP contribution is 2.55. The van der Waals surface area contributed by atoms with Crippen molar-refractivity contribution in [1.29, 1.82) is 0 Å². The monoisotopic (exact) mass is 280 g/mol. The molecule has 4 bridgehead atoms. The summed E-state index contributed by atoms with van der Waals surface area (Å²) in [5.74, 6) is 3.06. The molecule has 0 aliphatic heterocycles. The molecule has 0 spiro atoms. The molecule has 4 aliphatic rings. The van der Waals surface area contributed by atoms with E-state index in [2.05, 4.69) is 40.8 Å². The van der Waals surface area contributed by atoms with Gasteiger partial charge in [0, 0.05) is 29.2 Å². The molecule has 2 heteroatoms. The zero-order valence-corrected chi connectivity index (χ0v) is 12.6. The van der Waals surface area contributed by atoms with Crippen molar-refractivity contribution in [1.82, 2.24) is 10.3 Å². The molecule has 4 aliphatic carbocycles. The molecule has 0 radical (unpaired) electrons. The van der Waals surface area contributed by atoms with Crippen LogP contribution in [-0.4, -0.2) is 10.5 Å². The summed E-state index contributed by atoms with van der Waals surface area (Å²) in [5.41, 5.74) is 3.18. The van der Waals surface area contributed by atoms with Gasteiger partial charge in [-0.1, -0.05) is 12.1 Å². The van der Waals surface area contributed by atoms with Gasteiger partial charge in [0.2, 0.25) is 0 Å². The van der Waals surface area contributed by atoms with Gasteiger partial charge in [0.1, 0.15) is 0 Å². The van der Waals surface area contributed by atoms with E-state index in [0.717, 1.165) is 24.3 Å². The number of H-pyrrole nitrogens is 1. The van der Waals surface area contributed by atoms with Crippen LogP contribution >= 0.6 is 0 Å². The average Bonchev–Trinajstić information content (AvgIpc) is 2.92. The van der Waals surface area contributed by atoms with Crippen molar-refractivity contribution in [3.8, 4) is 0 Å². The van der Waals surface area contributed by atoms with Gasteiger partial charge >= 0.3 is 0 Å². The Morgan fingerprint density at radius 1 is 1.00 bits per heavy atom. The van der Waals surface area contributed by atoms with Gasteiger partial charge in [0.05, 0.1) is 0 Å². The van der Waals surface area contributed by atoms with E-state index < -0.39 is 0 Å². The summed E-state index contributed by atoms with van der Waals surface area (Å²) in [4.78, 5) is 3.33. The average molecular weight is 280 g/mol. The number of aromatic nitrogens is 1. The third-order valence-corrected chi connectivity index (χ3v) is 6.38. The van der Waals surface area contributed by atoms with Crippen LogP contribution in [-0.2, 0) is 6.54 Å². The van der Waals surface area contributed by atoms with Gasteiger partial charge in [-0.25, -0.2) is 0 Å². The van der Waals surface area contributed by atoms with Gasteiger partial charge in [-0.15, -0.1) is 0 Å². The normalized spacial score (nSPS) is 37.4. The lowest BCUT2D eigenvalue weighted by Crippen LogP contribution is -2.58. The van der Waals surface area contributed by atoms with E-state index in [1.54, 1.807) is 0 Å². The predicted octanol–water partition coefficient (Wildman–Crippen LogP) is 4.23. The number of rotatable bonds is 3. The van der Waals surface area contributed by atoms with E-state index in [-0.39, 0.29) is 0 Å². The first kappa shape index (κ1) is 12.3. The van der Waals surface area contributed by atoms with Crippen LogP contribution < -0.4 is 5.32 Å². The van der Waals surface area contributed by atoms with Crippen LogP contribution in [0.25, 0.3) is 10.9 Å². The maximum absolute atomic E-state index is 4.01. The summed E-state index contributed by atoms with van der Waals surface area (Å²) in [6.45, 7) is 1.03. The SMILES string of the molecule is c1cc(CNC23CC4CC(CC(C4)C2)C3)c2cc[nH]c2c1. The standard InChI is InChI=1S/C19H24N2/c1-2-16(17-4-5-20-18(17)3-1)12-21-19-9-13-6-14(10-19)8-15(7-13)11-19/h1-5,13-15,20-21H,6-12H2. The van der Waals surface area contributed by atoms with Crippen LogP contribution in [0.4, 0.5) is 0 Å². The Labute approximate surface area is 126 Å². The minimum absolute atomic E-state index is 0.465. The Hall–Kier alpha value is -1.28. The van der Waals surface area contributed by atoms with Gasteiger partial charge in [-0.2, -0.15) is 0 Å². The van der Waals surface area contributed by atoms with Crippen molar-refractivity contribution >= 4 is 10.9 Å². The Bertz CT molecular complexity index is 634. The van der Waals surface area contributed by atoms with E-state index in [1.165, 1.54) is 55.0 Å². The highest BCUT2D eigenvalue weighted by Gasteiger charge is 2.50. The Morgan fingerprint density at radius 3 is 2.43 bits per heavy atom. The summed E-state index contributed by atoms with van der Waals surface area (Å²) in [6, 6.07) is 8.84. The highest BCUT2D eigenvalue weighted by molar-refractivity contribution is 5.82. The molecule has 2 nitrogen and oxygen atoms in total. The minimum atomic E-state index is 0.465. The molecule has 0 amide bonds. The first-order valence-corrected chi connectivity index (χ1v) is 8.60. The fourth-order valence-corrected chi connectivity index (χ4v) is 5.91. The molecule has 110 valence electrons. The molecule has 2 aromatic rings. The van der Waals surface area contributed by atoms with E-state index in [9.17, 15) is 0 Å². The molecule has 4 fully saturated rings. The summed E-state index contributed by atoms with van der Waals surface area (Å²) in [7, 11) is 0. The first-order chi connectivity index (χ1) is 10.3. The zero-order chi connectivity index (χ0) is 13.9. The zero-order valence-electron chi connectivity index (χ0n) is 12.6. The van der Waals surface area contributed by atoms with E-state index >= 15 is 0 Å². The van der Waals surface area contributed by atoms with Gasteiger partial charge in [-0.3, -0.25) is 0 Å². The van der Waals surface area contributed by atoms with Crippen molar-refractivity contribution in [2.45, 2.75) is 50.6 Å². The number of hydrogen-bond acceptors (Lipinski definition) is 1. The summed E-state index contributed by atoms with van der Waals surface area (Å²) < 4.78 is 0. The Morgan fingerprint density at radius 2 is 1.71 bits per heavy atom. The lowest BCUT2D eigenvalue weighted by molar-refractivity contribution is -0.0205. The van der Waals surface area contributed by atoms with Crippen LogP contribution in [0.15, 0.2) is 30.5 Å². The second-order valence-corrected chi connectivity index (χ2v) is 7.91. The van der Waals surface area contributed by atoms with E-state index in [0.29, 0.717) is 5.54 Å². The fourth-order valence-electron chi connectivity index (χ4n) is 5.91. The van der Waals surface area contributed by atoms with Crippen molar-refractivity contribution in [2.75, 3.05) is 0 Å². The minimum Gasteiger partial charge on any atom is -0.361 e.